The number of amides is 1. The van der Waals surface area contributed by atoms with Crippen LogP contribution in [-0.4, -0.2) is 18.6 Å². The summed E-state index contributed by atoms with van der Waals surface area (Å²) >= 11 is 0. The molecule has 0 aromatic heterocycles. The first-order valence-electron chi connectivity index (χ1n) is 5.84. The van der Waals surface area contributed by atoms with Gasteiger partial charge in [0.15, 0.2) is 0 Å². The van der Waals surface area contributed by atoms with E-state index in [1.54, 1.807) is 6.92 Å². The van der Waals surface area contributed by atoms with Crippen LogP contribution in [0.1, 0.15) is 26.7 Å². The molecule has 1 aromatic carbocycles. The van der Waals surface area contributed by atoms with Crippen molar-refractivity contribution in [2.75, 3.05) is 12.4 Å². The molecular formula is C13H20ClFN2O2. The van der Waals surface area contributed by atoms with E-state index in [2.05, 4.69) is 5.32 Å². The largest absolute Gasteiger partial charge is 0.497 e. The first-order chi connectivity index (χ1) is 8.40. The lowest BCUT2D eigenvalue weighted by atomic mass is 9.96. The molecule has 3 N–H and O–H groups in total. The van der Waals surface area contributed by atoms with Gasteiger partial charge in [0.05, 0.1) is 18.3 Å². The van der Waals surface area contributed by atoms with Gasteiger partial charge in [-0.3, -0.25) is 4.79 Å². The number of carbonyl (C=O) groups is 1. The van der Waals surface area contributed by atoms with Crippen molar-refractivity contribution in [3.05, 3.63) is 24.0 Å². The van der Waals surface area contributed by atoms with Crippen LogP contribution in [0.25, 0.3) is 0 Å². The molecule has 0 bridgehead atoms. The summed E-state index contributed by atoms with van der Waals surface area (Å²) in [5, 5.41) is 2.49. The summed E-state index contributed by atoms with van der Waals surface area (Å²) in [7, 11) is 1.48. The minimum Gasteiger partial charge on any atom is -0.497 e. The van der Waals surface area contributed by atoms with Crippen LogP contribution in [0.3, 0.4) is 0 Å². The predicted molar refractivity (Wildman–Crippen MR) is 76.3 cm³/mol. The molecule has 0 aliphatic rings. The Kier molecular flexibility index (Phi) is 6.79. The summed E-state index contributed by atoms with van der Waals surface area (Å²) in [6.07, 6.45) is 1.31. The highest BCUT2D eigenvalue weighted by atomic mass is 35.5. The van der Waals surface area contributed by atoms with Gasteiger partial charge in [0, 0.05) is 6.07 Å². The van der Waals surface area contributed by atoms with E-state index in [-0.39, 0.29) is 18.1 Å². The van der Waals surface area contributed by atoms with Gasteiger partial charge < -0.3 is 15.8 Å². The minimum atomic E-state index is -1.01. The number of hydrogen-bond donors (Lipinski definition) is 2. The smallest absolute Gasteiger partial charge is 0.244 e. The predicted octanol–water partition coefficient (Wildman–Crippen LogP) is 2.71. The fourth-order valence-electron chi connectivity index (χ4n) is 1.63. The van der Waals surface area contributed by atoms with Gasteiger partial charge in [0.1, 0.15) is 11.6 Å². The number of ether oxygens (including phenoxy) is 1. The quantitative estimate of drug-likeness (QED) is 0.876. The zero-order chi connectivity index (χ0) is 13.8. The molecule has 1 rings (SSSR count). The van der Waals surface area contributed by atoms with Gasteiger partial charge in [0.2, 0.25) is 5.91 Å². The van der Waals surface area contributed by atoms with E-state index in [0.717, 1.165) is 6.42 Å². The summed E-state index contributed by atoms with van der Waals surface area (Å²) < 4.78 is 18.5. The summed E-state index contributed by atoms with van der Waals surface area (Å²) in [6, 6.07) is 4.15. The van der Waals surface area contributed by atoms with Crippen molar-refractivity contribution in [3.63, 3.8) is 0 Å². The lowest BCUT2D eigenvalue weighted by molar-refractivity contribution is -0.120. The third-order valence-corrected chi connectivity index (χ3v) is 2.71. The molecule has 19 heavy (non-hydrogen) atoms. The molecule has 0 aliphatic carbocycles. The lowest BCUT2D eigenvalue weighted by Gasteiger charge is -2.23. The van der Waals surface area contributed by atoms with E-state index in [0.29, 0.717) is 12.2 Å². The van der Waals surface area contributed by atoms with E-state index in [1.165, 1.54) is 25.3 Å². The third kappa shape index (κ3) is 4.69. The maximum atomic E-state index is 13.5. The molecule has 1 amide bonds. The second-order valence-electron chi connectivity index (χ2n) is 4.47. The molecule has 0 radical (unpaired) electrons. The number of benzene rings is 1. The van der Waals surface area contributed by atoms with Crippen LogP contribution in [-0.2, 0) is 4.79 Å². The Labute approximate surface area is 118 Å². The number of methoxy groups -OCH3 is 1. The average molecular weight is 291 g/mol. The number of rotatable bonds is 5. The first-order valence-corrected chi connectivity index (χ1v) is 5.84. The highest BCUT2D eigenvalue weighted by molar-refractivity contribution is 5.97. The Morgan fingerprint density at radius 1 is 1.53 bits per heavy atom. The zero-order valence-corrected chi connectivity index (χ0v) is 12.1. The maximum absolute atomic E-state index is 13.5. The molecule has 0 aliphatic heterocycles. The van der Waals surface area contributed by atoms with E-state index in [4.69, 9.17) is 10.5 Å². The van der Waals surface area contributed by atoms with Crippen LogP contribution in [0.5, 0.6) is 5.75 Å². The SMILES string of the molecule is CCCC(C)(N)C(=O)Nc1cc(OC)ccc1F.Cl. The van der Waals surface area contributed by atoms with E-state index < -0.39 is 17.3 Å². The van der Waals surface area contributed by atoms with E-state index >= 15 is 0 Å². The van der Waals surface area contributed by atoms with E-state index in [1.807, 2.05) is 6.92 Å². The number of carbonyl (C=O) groups excluding carboxylic acids is 1. The molecule has 0 fully saturated rings. The van der Waals surface area contributed by atoms with E-state index in [9.17, 15) is 9.18 Å². The monoisotopic (exact) mass is 290 g/mol. The number of anilines is 1. The Bertz CT molecular complexity index is 439. The zero-order valence-electron chi connectivity index (χ0n) is 11.3. The number of halogens is 2. The number of nitrogens with one attached hydrogen (secondary N) is 1. The van der Waals surface area contributed by atoms with Crippen LogP contribution < -0.4 is 15.8 Å². The second kappa shape index (κ2) is 7.31. The molecule has 1 aromatic rings. The van der Waals surface area contributed by atoms with Gasteiger partial charge in [-0.1, -0.05) is 13.3 Å². The van der Waals surface area contributed by atoms with Crippen LogP contribution >= 0.6 is 12.4 Å². The molecule has 1 unspecified atom stereocenters. The van der Waals surface area contributed by atoms with Gasteiger partial charge in [-0.25, -0.2) is 4.39 Å². The van der Waals surface area contributed by atoms with Crippen molar-refractivity contribution in [2.24, 2.45) is 5.73 Å². The van der Waals surface area contributed by atoms with Crippen LogP contribution in [0.2, 0.25) is 0 Å². The van der Waals surface area contributed by atoms with Crippen molar-refractivity contribution in [3.8, 4) is 5.75 Å². The normalized spacial score (nSPS) is 13.1. The molecule has 4 nitrogen and oxygen atoms in total. The summed E-state index contributed by atoms with van der Waals surface area (Å²) in [5.74, 6) is -0.450. The van der Waals surface area contributed by atoms with Gasteiger partial charge in [0.25, 0.3) is 0 Å². The topological polar surface area (TPSA) is 64.4 Å². The second-order valence-corrected chi connectivity index (χ2v) is 4.47. The van der Waals surface area contributed by atoms with Crippen molar-refractivity contribution < 1.29 is 13.9 Å². The van der Waals surface area contributed by atoms with Gasteiger partial charge in [-0.15, -0.1) is 12.4 Å². The van der Waals surface area contributed by atoms with Crippen LogP contribution in [0.15, 0.2) is 18.2 Å². The fraction of sp³-hybridized carbons (Fsp3) is 0.462. The molecule has 0 saturated heterocycles. The molecule has 0 spiro atoms. The van der Waals surface area contributed by atoms with Crippen LogP contribution in [0, 0.1) is 5.82 Å². The Balaban J connectivity index is 0.00000324. The number of hydrogen-bond acceptors (Lipinski definition) is 3. The number of nitrogens with two attached hydrogens (primary N) is 1. The molecule has 108 valence electrons. The molecular weight excluding hydrogens is 271 g/mol. The van der Waals surface area contributed by atoms with Crippen molar-refractivity contribution >= 4 is 24.0 Å². The minimum absolute atomic E-state index is 0. The van der Waals surface area contributed by atoms with Gasteiger partial charge in [-0.05, 0) is 25.5 Å². The van der Waals surface area contributed by atoms with Crippen molar-refractivity contribution in [1.82, 2.24) is 0 Å². The fourth-order valence-corrected chi connectivity index (χ4v) is 1.63. The standard InChI is InChI=1S/C13H19FN2O2.ClH/c1-4-7-13(2,15)12(17)16-11-8-9(18-3)5-6-10(11)14;/h5-6,8H,4,7,15H2,1-3H3,(H,16,17);1H. The lowest BCUT2D eigenvalue weighted by Crippen LogP contribution is -2.48. The molecule has 1 atom stereocenters. The first kappa shape index (κ1) is 17.7. The average Bonchev–Trinajstić information content (AvgIpc) is 2.31. The van der Waals surface area contributed by atoms with Gasteiger partial charge in [-0.2, -0.15) is 0 Å². The Morgan fingerprint density at radius 2 is 2.16 bits per heavy atom. The van der Waals surface area contributed by atoms with Gasteiger partial charge >= 0.3 is 0 Å². The summed E-state index contributed by atoms with van der Waals surface area (Å²) in [4.78, 5) is 11.9. The van der Waals surface area contributed by atoms with Crippen LogP contribution in [0.4, 0.5) is 10.1 Å². The molecule has 6 heteroatoms. The highest BCUT2D eigenvalue weighted by Gasteiger charge is 2.27. The molecule has 0 heterocycles. The maximum Gasteiger partial charge on any atom is 0.244 e. The third-order valence-electron chi connectivity index (χ3n) is 2.71. The molecule has 0 saturated carbocycles. The van der Waals surface area contributed by atoms with Crippen molar-refractivity contribution in [1.29, 1.82) is 0 Å². The highest BCUT2D eigenvalue weighted by Crippen LogP contribution is 2.22. The van der Waals surface area contributed by atoms with Crippen molar-refractivity contribution in [2.45, 2.75) is 32.2 Å². The Hall–Kier alpha value is -1.33. The summed E-state index contributed by atoms with van der Waals surface area (Å²) in [6.45, 7) is 3.56. The Morgan fingerprint density at radius 3 is 2.68 bits per heavy atom. The summed E-state index contributed by atoms with van der Waals surface area (Å²) in [5.41, 5.74) is 4.94.